The lowest BCUT2D eigenvalue weighted by Gasteiger charge is -2.26. The highest BCUT2D eigenvalue weighted by atomic mass is 19.1. The molecular formula is C28H38FN7O5. The maximum Gasteiger partial charge on any atom is 0.338 e. The number of nitrogens with two attached hydrogens (primary N) is 1. The van der Waals surface area contributed by atoms with Crippen molar-refractivity contribution < 1.29 is 28.2 Å². The number of carbonyl (C=O) groups excluding carboxylic acids is 2. The molecule has 0 saturated carbocycles. The molecule has 41 heavy (non-hydrogen) atoms. The molecule has 1 aromatic carbocycles. The van der Waals surface area contributed by atoms with Crippen LogP contribution in [-0.4, -0.2) is 89.2 Å². The largest absolute Gasteiger partial charge is 0.491 e. The summed E-state index contributed by atoms with van der Waals surface area (Å²) in [7, 11) is 1.31. The minimum Gasteiger partial charge on any atom is -0.491 e. The number of hydrogen-bond donors (Lipinski definition) is 2. The molecule has 0 unspecified atom stereocenters. The van der Waals surface area contributed by atoms with Gasteiger partial charge in [0, 0.05) is 39.3 Å². The summed E-state index contributed by atoms with van der Waals surface area (Å²) in [6, 6.07) is 1.64. The van der Waals surface area contributed by atoms with Gasteiger partial charge in [0.05, 0.1) is 43.7 Å². The summed E-state index contributed by atoms with van der Waals surface area (Å²) in [4.78, 5) is 33.0. The molecule has 3 heterocycles. The van der Waals surface area contributed by atoms with E-state index < -0.39 is 17.7 Å². The predicted octanol–water partition coefficient (Wildman–Crippen LogP) is 2.66. The maximum atomic E-state index is 14.9. The molecule has 1 saturated heterocycles. The highest BCUT2D eigenvalue weighted by Gasteiger charge is 2.26. The molecule has 1 fully saturated rings. The first kappa shape index (κ1) is 30.2. The number of carbonyl (C=O) groups is 2. The van der Waals surface area contributed by atoms with Crippen molar-refractivity contribution in [2.24, 2.45) is 5.73 Å². The molecule has 12 nitrogen and oxygen atoms in total. The van der Waals surface area contributed by atoms with E-state index in [9.17, 15) is 14.0 Å². The Hall–Kier alpha value is -3.81. The van der Waals surface area contributed by atoms with Gasteiger partial charge in [0.15, 0.2) is 11.5 Å². The van der Waals surface area contributed by atoms with Gasteiger partial charge in [-0.1, -0.05) is 12.2 Å². The summed E-state index contributed by atoms with van der Waals surface area (Å²) in [5.74, 6) is -1.33. The van der Waals surface area contributed by atoms with Crippen molar-refractivity contribution in [1.29, 1.82) is 0 Å². The molecule has 13 heteroatoms. The zero-order chi connectivity index (χ0) is 29.5. The molecule has 0 aliphatic carbocycles. The molecule has 2 aromatic heterocycles. The number of ether oxygens (including phenoxy) is 3. The Balaban J connectivity index is 1.74. The molecule has 1 aliphatic rings. The number of halogens is 1. The average molecular weight is 572 g/mol. The Morgan fingerprint density at radius 1 is 1.24 bits per heavy atom. The summed E-state index contributed by atoms with van der Waals surface area (Å²) in [6.45, 7) is 10.4. The van der Waals surface area contributed by atoms with E-state index in [2.05, 4.69) is 15.3 Å². The summed E-state index contributed by atoms with van der Waals surface area (Å²) in [5.41, 5.74) is 7.51. The molecule has 222 valence electrons. The van der Waals surface area contributed by atoms with Gasteiger partial charge in [0.1, 0.15) is 11.3 Å². The Kier molecular flexibility index (Phi) is 10.1. The van der Waals surface area contributed by atoms with Crippen LogP contribution in [0.4, 0.5) is 10.3 Å². The summed E-state index contributed by atoms with van der Waals surface area (Å²) >= 11 is 0. The van der Waals surface area contributed by atoms with Crippen LogP contribution < -0.4 is 15.8 Å². The predicted molar refractivity (Wildman–Crippen MR) is 152 cm³/mol. The number of imidazole rings is 1. The fourth-order valence-corrected chi connectivity index (χ4v) is 4.84. The van der Waals surface area contributed by atoms with Crippen LogP contribution in [0.2, 0.25) is 0 Å². The number of aromatic nitrogens is 4. The Morgan fingerprint density at radius 2 is 2.00 bits per heavy atom. The molecule has 1 amide bonds. The number of hydrogen-bond acceptors (Lipinski definition) is 9. The van der Waals surface area contributed by atoms with Crippen molar-refractivity contribution in [1.82, 2.24) is 24.2 Å². The number of methoxy groups -OCH3 is 1. The van der Waals surface area contributed by atoms with Crippen LogP contribution in [0.1, 0.15) is 45.4 Å². The van der Waals surface area contributed by atoms with Crippen molar-refractivity contribution >= 4 is 28.9 Å². The molecule has 1 aliphatic heterocycles. The number of fused-ring (bicyclic) bond motifs is 1. The zero-order valence-electron chi connectivity index (χ0n) is 24.0. The van der Waals surface area contributed by atoms with Gasteiger partial charge in [0.25, 0.3) is 5.91 Å². The molecule has 3 aromatic rings. The average Bonchev–Trinajstić information content (AvgIpc) is 3.48. The lowest BCUT2D eigenvalue weighted by atomic mass is 10.1. The van der Waals surface area contributed by atoms with Gasteiger partial charge in [-0.15, -0.1) is 0 Å². The van der Waals surface area contributed by atoms with E-state index in [0.717, 1.165) is 26.1 Å². The number of morpholine rings is 1. The standard InChI is InChI=1S/C28H38FN7O5/c1-5-36-25(22(29)19(3)33-36)26(37)32-28-31-23-18(2)20(27(38)39-4)17-21(24(23)35(28)11-7-6-9-30)41-14-8-10-34-12-15-40-16-13-34/h6-7,17H,5,8-16,30H2,1-4H3,(H,31,32,37). The van der Waals surface area contributed by atoms with Gasteiger partial charge in [-0.2, -0.15) is 5.10 Å². The number of rotatable bonds is 12. The summed E-state index contributed by atoms with van der Waals surface area (Å²) in [6.07, 6.45) is 4.38. The number of nitrogens with one attached hydrogen (secondary N) is 1. The highest BCUT2D eigenvalue weighted by molar-refractivity contribution is 6.05. The molecule has 0 spiro atoms. The summed E-state index contributed by atoms with van der Waals surface area (Å²) in [5, 5.41) is 6.86. The summed E-state index contributed by atoms with van der Waals surface area (Å²) < 4.78 is 34.6. The fourth-order valence-electron chi connectivity index (χ4n) is 4.84. The molecule has 0 atom stereocenters. The Morgan fingerprint density at radius 3 is 2.68 bits per heavy atom. The molecule has 0 bridgehead atoms. The number of amides is 1. The van der Waals surface area contributed by atoms with Crippen LogP contribution in [-0.2, 0) is 22.6 Å². The second kappa shape index (κ2) is 13.7. The SMILES string of the molecule is CCn1nc(C)c(F)c1C(=O)Nc1nc2c(C)c(C(=O)OC)cc(OCCCN3CCOCC3)c2n1CC=CCN. The van der Waals surface area contributed by atoms with Gasteiger partial charge < -0.3 is 24.5 Å². The zero-order valence-corrected chi connectivity index (χ0v) is 24.0. The van der Waals surface area contributed by atoms with E-state index >= 15 is 0 Å². The third-order valence-corrected chi connectivity index (χ3v) is 7.01. The van der Waals surface area contributed by atoms with Crippen molar-refractivity contribution in [3.8, 4) is 5.75 Å². The van der Waals surface area contributed by atoms with Crippen LogP contribution in [0, 0.1) is 19.7 Å². The van der Waals surface area contributed by atoms with Crippen molar-refractivity contribution in [3.63, 3.8) is 0 Å². The molecule has 3 N–H and O–H groups in total. The first-order chi connectivity index (χ1) is 19.8. The van der Waals surface area contributed by atoms with Gasteiger partial charge in [-0.25, -0.2) is 14.2 Å². The second-order valence-electron chi connectivity index (χ2n) is 9.66. The minimum absolute atomic E-state index is 0.128. The smallest absolute Gasteiger partial charge is 0.338 e. The number of nitrogens with zero attached hydrogens (tertiary/aromatic N) is 5. The quantitative estimate of drug-likeness (QED) is 0.191. The molecular weight excluding hydrogens is 533 g/mol. The first-order valence-corrected chi connectivity index (χ1v) is 13.7. The van der Waals surface area contributed by atoms with Gasteiger partial charge in [-0.3, -0.25) is 19.7 Å². The molecule has 0 radical (unpaired) electrons. The topological polar surface area (TPSA) is 139 Å². The third-order valence-electron chi connectivity index (χ3n) is 7.01. The maximum absolute atomic E-state index is 14.9. The van der Waals surface area contributed by atoms with Crippen molar-refractivity contribution in [2.45, 2.75) is 40.3 Å². The van der Waals surface area contributed by atoms with Gasteiger partial charge in [-0.05, 0) is 38.8 Å². The van der Waals surface area contributed by atoms with E-state index in [1.807, 2.05) is 6.08 Å². The van der Waals surface area contributed by atoms with Crippen molar-refractivity contribution in [2.75, 3.05) is 58.4 Å². The number of benzene rings is 1. The first-order valence-electron chi connectivity index (χ1n) is 13.7. The van der Waals surface area contributed by atoms with Crippen LogP contribution >= 0.6 is 0 Å². The van der Waals surface area contributed by atoms with E-state index in [0.29, 0.717) is 67.4 Å². The number of esters is 1. The third kappa shape index (κ3) is 6.58. The van der Waals surface area contributed by atoms with E-state index in [1.165, 1.54) is 18.7 Å². The normalized spacial score (nSPS) is 14.2. The number of anilines is 1. The van der Waals surface area contributed by atoms with Crippen LogP contribution in [0.5, 0.6) is 5.75 Å². The Bertz CT molecular complexity index is 1430. The van der Waals surface area contributed by atoms with Crippen LogP contribution in [0.3, 0.4) is 0 Å². The van der Waals surface area contributed by atoms with Gasteiger partial charge in [0.2, 0.25) is 5.95 Å². The number of allylic oxidation sites excluding steroid dienone is 1. The fraction of sp³-hybridized carbons (Fsp3) is 0.500. The lowest BCUT2D eigenvalue weighted by Crippen LogP contribution is -2.37. The van der Waals surface area contributed by atoms with Crippen LogP contribution in [0.15, 0.2) is 18.2 Å². The monoisotopic (exact) mass is 571 g/mol. The number of aryl methyl sites for hydroxylation is 3. The Labute approximate surface area is 238 Å². The van der Waals surface area contributed by atoms with Crippen LogP contribution in [0.25, 0.3) is 11.0 Å². The minimum atomic E-state index is -0.692. The van der Waals surface area contributed by atoms with E-state index in [-0.39, 0.29) is 17.3 Å². The molecule has 4 rings (SSSR count). The second-order valence-corrected chi connectivity index (χ2v) is 9.66. The van der Waals surface area contributed by atoms with Gasteiger partial charge >= 0.3 is 5.97 Å². The van der Waals surface area contributed by atoms with E-state index in [1.54, 1.807) is 30.6 Å². The lowest BCUT2D eigenvalue weighted by molar-refractivity contribution is 0.0358. The van der Waals surface area contributed by atoms with Crippen molar-refractivity contribution in [3.05, 3.63) is 46.6 Å². The van der Waals surface area contributed by atoms with E-state index in [4.69, 9.17) is 24.9 Å². The highest BCUT2D eigenvalue weighted by Crippen LogP contribution is 2.34.